The summed E-state index contributed by atoms with van der Waals surface area (Å²) in [6.07, 6.45) is 4.87. The summed E-state index contributed by atoms with van der Waals surface area (Å²) < 4.78 is 9.93. The van der Waals surface area contributed by atoms with Crippen molar-refractivity contribution in [3.8, 4) is 6.01 Å². The van der Waals surface area contributed by atoms with Crippen molar-refractivity contribution in [2.45, 2.75) is 25.8 Å². The molecule has 9 nitrogen and oxygen atoms in total. The van der Waals surface area contributed by atoms with Crippen LogP contribution in [-0.2, 0) is 6.54 Å². The number of nitrogens with zero attached hydrogens (tertiary/aromatic N) is 5. The molecule has 1 N–H and O–H groups in total. The van der Waals surface area contributed by atoms with Crippen molar-refractivity contribution in [3.63, 3.8) is 0 Å². The third kappa shape index (κ3) is 3.74. The number of hydrogen-bond acceptors (Lipinski definition) is 8. The fourth-order valence-corrected chi connectivity index (χ4v) is 2.37. The van der Waals surface area contributed by atoms with Gasteiger partial charge >= 0.3 is 6.01 Å². The van der Waals surface area contributed by atoms with E-state index in [1.165, 1.54) is 25.8 Å². The van der Waals surface area contributed by atoms with Crippen molar-refractivity contribution in [3.05, 3.63) is 23.8 Å². The van der Waals surface area contributed by atoms with Gasteiger partial charge in [0.25, 0.3) is 5.91 Å². The van der Waals surface area contributed by atoms with Crippen LogP contribution >= 0.6 is 0 Å². The number of piperidine rings is 1. The molecule has 0 atom stereocenters. The highest BCUT2D eigenvalue weighted by atomic mass is 16.5. The summed E-state index contributed by atoms with van der Waals surface area (Å²) >= 11 is 0. The van der Waals surface area contributed by atoms with Crippen LogP contribution in [0.1, 0.15) is 35.6 Å². The Morgan fingerprint density at radius 1 is 1.30 bits per heavy atom. The van der Waals surface area contributed by atoms with E-state index < -0.39 is 0 Å². The van der Waals surface area contributed by atoms with E-state index in [1.54, 1.807) is 0 Å². The standard InChI is InChI=1S/C14H18N6O3/c1-22-14-18-11(9-15-12(21)10-5-6-16-23-10)17-13(19-14)20-7-3-2-4-8-20/h5-6H,2-4,7-9H2,1H3,(H,15,21). The summed E-state index contributed by atoms with van der Waals surface area (Å²) in [6.45, 7) is 1.98. The van der Waals surface area contributed by atoms with E-state index in [4.69, 9.17) is 9.26 Å². The first-order valence-electron chi connectivity index (χ1n) is 7.49. The van der Waals surface area contributed by atoms with Crippen LogP contribution in [0.25, 0.3) is 0 Å². The molecule has 3 heterocycles. The van der Waals surface area contributed by atoms with Gasteiger partial charge < -0.3 is 19.5 Å². The molecule has 0 bridgehead atoms. The van der Waals surface area contributed by atoms with Gasteiger partial charge in [0, 0.05) is 19.2 Å². The molecule has 1 fully saturated rings. The van der Waals surface area contributed by atoms with Gasteiger partial charge in [-0.2, -0.15) is 15.0 Å². The van der Waals surface area contributed by atoms with Crippen molar-refractivity contribution in [2.24, 2.45) is 0 Å². The number of anilines is 1. The zero-order chi connectivity index (χ0) is 16.1. The van der Waals surface area contributed by atoms with Crippen molar-refractivity contribution in [1.82, 2.24) is 25.4 Å². The number of carbonyl (C=O) groups is 1. The van der Waals surface area contributed by atoms with Crippen LogP contribution in [0.3, 0.4) is 0 Å². The molecule has 0 aromatic carbocycles. The minimum atomic E-state index is -0.374. The van der Waals surface area contributed by atoms with Gasteiger partial charge in [0.15, 0.2) is 5.82 Å². The van der Waals surface area contributed by atoms with Crippen LogP contribution < -0.4 is 15.0 Å². The van der Waals surface area contributed by atoms with Crippen LogP contribution in [0.15, 0.2) is 16.8 Å². The summed E-state index contributed by atoms with van der Waals surface area (Å²) in [6, 6.07) is 1.73. The average molecular weight is 318 g/mol. The molecule has 122 valence electrons. The maximum absolute atomic E-state index is 11.9. The van der Waals surface area contributed by atoms with Gasteiger partial charge in [-0.05, 0) is 19.3 Å². The van der Waals surface area contributed by atoms with E-state index in [1.807, 2.05) is 0 Å². The van der Waals surface area contributed by atoms with Crippen LogP contribution in [0.5, 0.6) is 6.01 Å². The van der Waals surface area contributed by atoms with Gasteiger partial charge in [-0.25, -0.2) is 0 Å². The van der Waals surface area contributed by atoms with Crippen LogP contribution in [0.2, 0.25) is 0 Å². The van der Waals surface area contributed by atoms with Crippen LogP contribution in [0.4, 0.5) is 5.95 Å². The quantitative estimate of drug-likeness (QED) is 0.862. The van der Waals surface area contributed by atoms with Crippen molar-refractivity contribution >= 4 is 11.9 Å². The molecule has 1 aliphatic heterocycles. The molecule has 23 heavy (non-hydrogen) atoms. The van der Waals surface area contributed by atoms with E-state index in [-0.39, 0.29) is 24.2 Å². The molecule has 0 spiro atoms. The Morgan fingerprint density at radius 3 is 2.83 bits per heavy atom. The van der Waals surface area contributed by atoms with Crippen molar-refractivity contribution < 1.29 is 14.1 Å². The second-order valence-corrected chi connectivity index (χ2v) is 5.15. The van der Waals surface area contributed by atoms with Gasteiger partial charge in [-0.3, -0.25) is 4.79 Å². The summed E-state index contributed by atoms with van der Waals surface area (Å²) in [5.41, 5.74) is 0. The molecule has 3 rings (SSSR count). The first-order valence-corrected chi connectivity index (χ1v) is 7.49. The van der Waals surface area contributed by atoms with E-state index in [0.29, 0.717) is 11.8 Å². The normalized spacial score (nSPS) is 14.6. The number of amides is 1. The van der Waals surface area contributed by atoms with Gasteiger partial charge in [0.2, 0.25) is 11.7 Å². The van der Waals surface area contributed by atoms with E-state index in [0.717, 1.165) is 25.9 Å². The lowest BCUT2D eigenvalue weighted by Gasteiger charge is -2.26. The van der Waals surface area contributed by atoms with Crippen LogP contribution in [-0.4, -0.2) is 46.2 Å². The number of ether oxygens (including phenoxy) is 1. The number of nitrogens with one attached hydrogen (secondary N) is 1. The second-order valence-electron chi connectivity index (χ2n) is 5.15. The largest absolute Gasteiger partial charge is 0.467 e. The SMILES string of the molecule is COc1nc(CNC(=O)c2ccno2)nc(N2CCCCC2)n1. The summed E-state index contributed by atoms with van der Waals surface area (Å²) in [7, 11) is 1.51. The molecule has 0 radical (unpaired) electrons. The highest BCUT2D eigenvalue weighted by Crippen LogP contribution is 2.17. The van der Waals surface area contributed by atoms with E-state index in [9.17, 15) is 4.79 Å². The first kappa shape index (κ1) is 15.2. The molecule has 0 saturated carbocycles. The zero-order valence-electron chi connectivity index (χ0n) is 12.9. The summed E-state index contributed by atoms with van der Waals surface area (Å²) in [5, 5.41) is 6.18. The number of methoxy groups -OCH3 is 1. The predicted molar refractivity (Wildman–Crippen MR) is 80.1 cm³/mol. The number of rotatable bonds is 5. The molecule has 1 saturated heterocycles. The molecule has 2 aromatic rings. The Balaban J connectivity index is 1.71. The van der Waals surface area contributed by atoms with E-state index >= 15 is 0 Å². The van der Waals surface area contributed by atoms with Crippen molar-refractivity contribution in [2.75, 3.05) is 25.1 Å². The molecule has 0 aliphatic carbocycles. The second kappa shape index (κ2) is 7.03. The summed E-state index contributed by atoms with van der Waals surface area (Å²) in [5.74, 6) is 0.787. The van der Waals surface area contributed by atoms with Gasteiger partial charge in [-0.1, -0.05) is 5.16 Å². The van der Waals surface area contributed by atoms with Gasteiger partial charge in [-0.15, -0.1) is 0 Å². The minimum Gasteiger partial charge on any atom is -0.467 e. The average Bonchev–Trinajstić information content (AvgIpc) is 3.15. The third-order valence-corrected chi connectivity index (χ3v) is 3.54. The molecule has 0 unspecified atom stereocenters. The first-order chi connectivity index (χ1) is 11.3. The molecule has 2 aromatic heterocycles. The third-order valence-electron chi connectivity index (χ3n) is 3.54. The lowest BCUT2D eigenvalue weighted by molar-refractivity contribution is 0.0912. The number of hydrogen-bond donors (Lipinski definition) is 1. The Morgan fingerprint density at radius 2 is 2.13 bits per heavy atom. The highest BCUT2D eigenvalue weighted by Gasteiger charge is 2.17. The Hall–Kier alpha value is -2.71. The monoisotopic (exact) mass is 318 g/mol. The lowest BCUT2D eigenvalue weighted by atomic mass is 10.1. The molecule has 1 aliphatic rings. The zero-order valence-corrected chi connectivity index (χ0v) is 12.9. The Kier molecular flexibility index (Phi) is 4.65. The predicted octanol–water partition coefficient (Wildman–Crippen LogP) is 0.788. The maximum atomic E-state index is 11.9. The van der Waals surface area contributed by atoms with Crippen molar-refractivity contribution in [1.29, 1.82) is 0 Å². The molecular weight excluding hydrogens is 300 g/mol. The number of carbonyl (C=O) groups excluding carboxylic acids is 1. The smallest absolute Gasteiger partial charge is 0.321 e. The molecule has 1 amide bonds. The Bertz CT molecular complexity index is 655. The fourth-order valence-electron chi connectivity index (χ4n) is 2.37. The van der Waals surface area contributed by atoms with E-state index in [2.05, 4.69) is 30.3 Å². The maximum Gasteiger partial charge on any atom is 0.321 e. The van der Waals surface area contributed by atoms with Crippen LogP contribution in [0, 0.1) is 0 Å². The van der Waals surface area contributed by atoms with Gasteiger partial charge in [0.05, 0.1) is 19.9 Å². The molecule has 9 heteroatoms. The topological polar surface area (TPSA) is 106 Å². The fraction of sp³-hybridized carbons (Fsp3) is 0.500. The van der Waals surface area contributed by atoms with Gasteiger partial charge in [0.1, 0.15) is 0 Å². The minimum absolute atomic E-state index is 0.141. The molecular formula is C14H18N6O3. The highest BCUT2D eigenvalue weighted by molar-refractivity contribution is 5.91. The summed E-state index contributed by atoms with van der Waals surface area (Å²) in [4.78, 5) is 26.9. The number of aromatic nitrogens is 4. The Labute approximate surface area is 133 Å². The lowest BCUT2D eigenvalue weighted by Crippen LogP contribution is -2.32.